The topological polar surface area (TPSA) is 84.2 Å². The third-order valence-electron chi connectivity index (χ3n) is 6.59. The van der Waals surface area contributed by atoms with Gasteiger partial charge in [-0.2, -0.15) is 4.98 Å². The zero-order chi connectivity index (χ0) is 23.4. The molecular formula is C24H29N5O4S. The summed E-state index contributed by atoms with van der Waals surface area (Å²) < 4.78 is 17.6. The summed E-state index contributed by atoms with van der Waals surface area (Å²) in [5.41, 5.74) is 3.14. The van der Waals surface area contributed by atoms with Crippen LogP contribution in [0.15, 0.2) is 28.1 Å². The number of nitrogens with zero attached hydrogens (tertiary/aromatic N) is 5. The van der Waals surface area contributed by atoms with Crippen molar-refractivity contribution in [3.05, 3.63) is 23.7 Å². The van der Waals surface area contributed by atoms with Gasteiger partial charge in [0.15, 0.2) is 5.58 Å². The Kier molecular flexibility index (Phi) is 5.18. The summed E-state index contributed by atoms with van der Waals surface area (Å²) in [6.07, 6.45) is 2.56. The Morgan fingerprint density at radius 1 is 1.15 bits per heavy atom. The zero-order valence-corrected chi connectivity index (χ0v) is 20.5. The van der Waals surface area contributed by atoms with Gasteiger partial charge in [0, 0.05) is 37.8 Å². The Labute approximate surface area is 202 Å². The first kappa shape index (κ1) is 21.7. The Morgan fingerprint density at radius 2 is 1.91 bits per heavy atom. The van der Waals surface area contributed by atoms with Gasteiger partial charge in [0.2, 0.25) is 0 Å². The first-order chi connectivity index (χ1) is 16.4. The van der Waals surface area contributed by atoms with Crippen LogP contribution >= 0.6 is 11.3 Å². The van der Waals surface area contributed by atoms with Gasteiger partial charge in [-0.05, 0) is 39.3 Å². The molecule has 2 aromatic heterocycles. The Bertz CT molecular complexity index is 1190. The molecule has 9 nitrogen and oxygen atoms in total. The van der Waals surface area contributed by atoms with Crippen molar-refractivity contribution < 1.29 is 18.7 Å². The maximum absolute atomic E-state index is 12.7. The number of oxazole rings is 1. The van der Waals surface area contributed by atoms with Gasteiger partial charge in [0.1, 0.15) is 16.1 Å². The maximum atomic E-state index is 12.7. The number of morpholine rings is 1. The van der Waals surface area contributed by atoms with Crippen molar-refractivity contribution in [3.63, 3.8) is 0 Å². The van der Waals surface area contributed by atoms with Crippen molar-refractivity contribution >= 4 is 40.2 Å². The van der Waals surface area contributed by atoms with Crippen molar-refractivity contribution in [1.29, 1.82) is 0 Å². The highest BCUT2D eigenvalue weighted by atomic mass is 32.1. The summed E-state index contributed by atoms with van der Waals surface area (Å²) in [6.45, 7) is 10.1. The molecule has 2 bridgehead atoms. The first-order valence-electron chi connectivity index (χ1n) is 11.8. The maximum Gasteiger partial charge on any atom is 0.410 e. The summed E-state index contributed by atoms with van der Waals surface area (Å²) in [7, 11) is 0. The largest absolute Gasteiger partial charge is 0.444 e. The smallest absolute Gasteiger partial charge is 0.410 e. The lowest BCUT2D eigenvalue weighted by Crippen LogP contribution is -2.70. The van der Waals surface area contributed by atoms with Crippen molar-refractivity contribution in [2.24, 2.45) is 0 Å². The average Bonchev–Trinajstić information content (AvgIpc) is 3.48. The number of fused-ring (bicyclic) bond motifs is 3. The molecule has 4 saturated heterocycles. The number of aromatic nitrogens is 2. The zero-order valence-electron chi connectivity index (χ0n) is 19.7. The van der Waals surface area contributed by atoms with Crippen LogP contribution in [0, 0.1) is 0 Å². The van der Waals surface area contributed by atoms with E-state index < -0.39 is 5.60 Å². The molecule has 0 saturated carbocycles. The second kappa shape index (κ2) is 8.13. The molecule has 2 atom stereocenters. The van der Waals surface area contributed by atoms with E-state index in [9.17, 15) is 4.79 Å². The second-order valence-corrected chi connectivity index (χ2v) is 11.0. The number of thiazole rings is 1. The number of rotatable bonds is 3. The van der Waals surface area contributed by atoms with E-state index in [1.165, 1.54) is 0 Å². The van der Waals surface area contributed by atoms with Gasteiger partial charge in [0.05, 0.1) is 36.5 Å². The molecule has 3 aromatic rings. The molecule has 7 rings (SSSR count). The normalized spacial score (nSPS) is 22.7. The fraction of sp³-hybridized carbons (Fsp3) is 0.542. The number of anilines is 2. The van der Waals surface area contributed by atoms with Crippen LogP contribution in [0.1, 0.15) is 27.2 Å². The van der Waals surface area contributed by atoms with Crippen LogP contribution in [0.5, 0.6) is 0 Å². The number of amides is 1. The summed E-state index contributed by atoms with van der Waals surface area (Å²) in [4.78, 5) is 28.5. The van der Waals surface area contributed by atoms with Gasteiger partial charge in [-0.15, -0.1) is 11.3 Å². The van der Waals surface area contributed by atoms with Crippen LogP contribution in [0.2, 0.25) is 0 Å². The summed E-state index contributed by atoms with van der Waals surface area (Å²) in [6, 6.07) is 5.03. The average molecular weight is 484 g/mol. The lowest BCUT2D eigenvalue weighted by molar-refractivity contribution is -0.0386. The minimum absolute atomic E-state index is 0.112. The molecule has 1 amide bonds. The molecular weight excluding hydrogens is 454 g/mol. The molecule has 34 heavy (non-hydrogen) atoms. The van der Waals surface area contributed by atoms with E-state index in [0.29, 0.717) is 32.3 Å². The number of ether oxygens (including phenoxy) is 2. The summed E-state index contributed by atoms with van der Waals surface area (Å²) in [5.74, 6) is 0. The molecule has 180 valence electrons. The van der Waals surface area contributed by atoms with Gasteiger partial charge in [-0.3, -0.25) is 4.90 Å². The highest BCUT2D eigenvalue weighted by Gasteiger charge is 2.49. The standard InChI is InChI=1S/C24H29N5O4S/c1-24(2,3)33-23(30)29-15-12-16(29)14-28(13-15)22-26-19-18(27-7-9-31-10-8-27)5-4-17(20(19)32-22)21-25-6-11-34-21/h4-6,11,15-16H,7-10,12-14H2,1-3H3. The molecule has 0 N–H and O–H groups in total. The third kappa shape index (κ3) is 3.78. The predicted molar refractivity (Wildman–Crippen MR) is 131 cm³/mol. The number of hydrogen-bond donors (Lipinski definition) is 0. The van der Waals surface area contributed by atoms with Crippen LogP contribution in [-0.2, 0) is 9.47 Å². The van der Waals surface area contributed by atoms with Crippen LogP contribution in [-0.4, -0.2) is 78.0 Å². The summed E-state index contributed by atoms with van der Waals surface area (Å²) in [5, 5.41) is 2.89. The molecule has 10 heteroatoms. The van der Waals surface area contributed by atoms with Crippen LogP contribution in [0.3, 0.4) is 0 Å². The minimum Gasteiger partial charge on any atom is -0.444 e. The molecule has 6 heterocycles. The van der Waals surface area contributed by atoms with Crippen LogP contribution < -0.4 is 9.80 Å². The molecule has 2 unspecified atom stereocenters. The lowest BCUT2D eigenvalue weighted by atomic mass is 9.88. The SMILES string of the molecule is CC(C)(C)OC(=O)N1C2CC1CN(c1nc3c(N4CCOCC4)ccc(-c4nccs4)c3o1)C2. The van der Waals surface area contributed by atoms with E-state index in [0.717, 1.165) is 46.9 Å². The summed E-state index contributed by atoms with van der Waals surface area (Å²) >= 11 is 1.59. The van der Waals surface area contributed by atoms with E-state index >= 15 is 0 Å². The number of carbonyl (C=O) groups excluding carboxylic acids is 1. The number of carbonyl (C=O) groups is 1. The molecule has 4 aliphatic rings. The third-order valence-corrected chi connectivity index (χ3v) is 7.40. The molecule has 0 spiro atoms. The van der Waals surface area contributed by atoms with Gasteiger partial charge in [-0.25, -0.2) is 9.78 Å². The molecule has 1 aromatic carbocycles. The molecule has 4 aliphatic heterocycles. The molecule has 0 radical (unpaired) electrons. The Hall–Kier alpha value is -2.85. The molecule has 4 fully saturated rings. The van der Waals surface area contributed by atoms with Crippen molar-refractivity contribution in [2.45, 2.75) is 44.9 Å². The Balaban J connectivity index is 1.31. The van der Waals surface area contributed by atoms with E-state index in [4.69, 9.17) is 18.9 Å². The van der Waals surface area contributed by atoms with E-state index in [2.05, 4.69) is 26.9 Å². The molecule has 0 aliphatic carbocycles. The van der Waals surface area contributed by atoms with E-state index in [1.807, 2.05) is 37.2 Å². The number of hydrogen-bond acceptors (Lipinski definition) is 9. The quantitative estimate of drug-likeness (QED) is 0.553. The fourth-order valence-corrected chi connectivity index (χ4v) is 5.74. The predicted octanol–water partition coefficient (Wildman–Crippen LogP) is 3.99. The van der Waals surface area contributed by atoms with Crippen molar-refractivity contribution in [2.75, 3.05) is 49.2 Å². The van der Waals surface area contributed by atoms with Crippen molar-refractivity contribution in [1.82, 2.24) is 14.9 Å². The van der Waals surface area contributed by atoms with Crippen LogP contribution in [0.4, 0.5) is 16.5 Å². The number of benzene rings is 1. The van der Waals surface area contributed by atoms with Gasteiger partial charge in [-0.1, -0.05) is 0 Å². The minimum atomic E-state index is -0.497. The van der Waals surface area contributed by atoms with Gasteiger partial charge >= 0.3 is 6.09 Å². The number of piperazine rings is 1. The van der Waals surface area contributed by atoms with Gasteiger partial charge in [0.25, 0.3) is 6.01 Å². The van der Waals surface area contributed by atoms with E-state index in [-0.39, 0.29) is 18.2 Å². The Morgan fingerprint density at radius 3 is 2.59 bits per heavy atom. The second-order valence-electron chi connectivity index (χ2n) is 10.1. The first-order valence-corrected chi connectivity index (χ1v) is 12.7. The van der Waals surface area contributed by atoms with E-state index in [1.54, 1.807) is 11.3 Å². The monoisotopic (exact) mass is 483 g/mol. The highest BCUT2D eigenvalue weighted by molar-refractivity contribution is 7.13. The van der Waals surface area contributed by atoms with Crippen molar-refractivity contribution in [3.8, 4) is 10.6 Å². The highest BCUT2D eigenvalue weighted by Crippen LogP contribution is 2.41. The number of piperidine rings is 1. The van der Waals surface area contributed by atoms with Crippen LogP contribution in [0.25, 0.3) is 21.7 Å². The van der Waals surface area contributed by atoms with Gasteiger partial charge < -0.3 is 23.7 Å². The fourth-order valence-electron chi connectivity index (χ4n) is 5.08. The lowest BCUT2D eigenvalue weighted by Gasteiger charge is -2.55.